The van der Waals surface area contributed by atoms with E-state index in [4.69, 9.17) is 0 Å². The lowest BCUT2D eigenvalue weighted by molar-refractivity contribution is 0.0998. The van der Waals surface area contributed by atoms with Crippen molar-refractivity contribution in [3.63, 3.8) is 0 Å². The van der Waals surface area contributed by atoms with E-state index in [-0.39, 0.29) is 5.91 Å². The summed E-state index contributed by atoms with van der Waals surface area (Å²) >= 11 is 1.53. The second kappa shape index (κ2) is 6.12. The lowest BCUT2D eigenvalue weighted by Gasteiger charge is -2.04. The molecule has 3 aromatic rings. The van der Waals surface area contributed by atoms with Crippen LogP contribution in [0.25, 0.3) is 11.3 Å². The van der Waals surface area contributed by atoms with Gasteiger partial charge in [0, 0.05) is 17.5 Å². The predicted molar refractivity (Wildman–Crippen MR) is 89.8 cm³/mol. The molecule has 0 aliphatic heterocycles. The number of hydrogen-bond donors (Lipinski definition) is 0. The van der Waals surface area contributed by atoms with E-state index in [0.29, 0.717) is 10.4 Å². The van der Waals surface area contributed by atoms with Crippen LogP contribution in [0.1, 0.15) is 15.2 Å². The highest BCUT2D eigenvalue weighted by atomic mass is 32.1. The second-order valence-electron chi connectivity index (χ2n) is 5.00. The van der Waals surface area contributed by atoms with Gasteiger partial charge in [0.2, 0.25) is 0 Å². The van der Waals surface area contributed by atoms with Gasteiger partial charge >= 0.3 is 0 Å². The molecule has 110 valence electrons. The van der Waals surface area contributed by atoms with Crippen LogP contribution in [0.5, 0.6) is 0 Å². The molecule has 0 aliphatic carbocycles. The lowest BCUT2D eigenvalue weighted by atomic mass is 10.1. The molecule has 0 saturated heterocycles. The first-order valence-electron chi connectivity index (χ1n) is 7.03. The highest BCUT2D eigenvalue weighted by Crippen LogP contribution is 2.23. The van der Waals surface area contributed by atoms with Crippen LogP contribution in [-0.4, -0.2) is 10.5 Å². The van der Waals surface area contributed by atoms with E-state index >= 15 is 0 Å². The number of hydrogen-bond acceptors (Lipinski definition) is 2. The van der Waals surface area contributed by atoms with E-state index in [1.807, 2.05) is 48.0 Å². The zero-order valence-electron chi connectivity index (χ0n) is 12.5. The Morgan fingerprint density at radius 1 is 1.00 bits per heavy atom. The van der Waals surface area contributed by atoms with E-state index < -0.39 is 0 Å². The van der Waals surface area contributed by atoms with Gasteiger partial charge in [-0.05, 0) is 24.6 Å². The van der Waals surface area contributed by atoms with E-state index in [2.05, 4.69) is 24.0 Å². The smallest absolute Gasteiger partial charge is 0.279 e. The number of rotatable bonds is 2. The molecule has 0 aliphatic rings. The third kappa shape index (κ3) is 2.78. The average molecular weight is 308 g/mol. The fourth-order valence-electron chi connectivity index (χ4n) is 2.41. The van der Waals surface area contributed by atoms with Gasteiger partial charge in [0.1, 0.15) is 0 Å². The number of nitrogens with zero attached hydrogens (tertiary/aromatic N) is 2. The molecule has 3 rings (SSSR count). The summed E-state index contributed by atoms with van der Waals surface area (Å²) in [4.78, 5) is 18.4. The van der Waals surface area contributed by atoms with E-state index in [1.165, 1.54) is 11.3 Å². The quantitative estimate of drug-likeness (QED) is 0.709. The zero-order valence-corrected chi connectivity index (χ0v) is 13.3. The van der Waals surface area contributed by atoms with Crippen molar-refractivity contribution in [2.45, 2.75) is 6.92 Å². The van der Waals surface area contributed by atoms with E-state index in [9.17, 15) is 4.79 Å². The van der Waals surface area contributed by atoms with Crippen molar-refractivity contribution in [1.82, 2.24) is 4.57 Å². The molecule has 4 heteroatoms. The lowest BCUT2D eigenvalue weighted by Crippen LogP contribution is -2.14. The molecule has 0 saturated carbocycles. The first-order chi connectivity index (χ1) is 10.7. The van der Waals surface area contributed by atoms with Crippen molar-refractivity contribution < 1.29 is 4.79 Å². The Hall–Kier alpha value is -2.46. The van der Waals surface area contributed by atoms with Gasteiger partial charge in [-0.15, -0.1) is 11.3 Å². The fourth-order valence-corrected chi connectivity index (χ4v) is 3.39. The van der Waals surface area contributed by atoms with Crippen LogP contribution in [0.4, 0.5) is 0 Å². The minimum absolute atomic E-state index is 0.211. The van der Waals surface area contributed by atoms with Gasteiger partial charge in [0.05, 0.1) is 5.69 Å². The van der Waals surface area contributed by atoms with Crippen LogP contribution in [0.3, 0.4) is 0 Å². The summed E-state index contributed by atoms with van der Waals surface area (Å²) in [5.41, 5.74) is 2.84. The Labute approximate surface area is 133 Å². The van der Waals surface area contributed by atoms with Gasteiger partial charge in [0.25, 0.3) is 5.91 Å². The van der Waals surface area contributed by atoms with Gasteiger partial charge in [-0.1, -0.05) is 48.5 Å². The number of amides is 1. The third-order valence-corrected chi connectivity index (χ3v) is 4.51. The maximum Gasteiger partial charge on any atom is 0.279 e. The molecule has 0 N–H and O–H groups in total. The summed E-state index contributed by atoms with van der Waals surface area (Å²) in [7, 11) is 1.95. The van der Waals surface area contributed by atoms with Crippen LogP contribution < -0.4 is 4.80 Å². The molecule has 1 amide bonds. The van der Waals surface area contributed by atoms with E-state index in [0.717, 1.165) is 16.1 Å². The van der Waals surface area contributed by atoms with Crippen molar-refractivity contribution in [3.8, 4) is 11.3 Å². The van der Waals surface area contributed by atoms with Gasteiger partial charge < -0.3 is 4.57 Å². The zero-order chi connectivity index (χ0) is 15.5. The van der Waals surface area contributed by atoms with Crippen molar-refractivity contribution in [1.29, 1.82) is 0 Å². The SMILES string of the molecule is Cc1s/c(=N\C(=O)c2ccccc2)n(C)c1-c1ccccc1. The molecule has 0 unspecified atom stereocenters. The van der Waals surface area contributed by atoms with Crippen molar-refractivity contribution in [2.75, 3.05) is 0 Å². The number of aromatic nitrogens is 1. The molecule has 0 bridgehead atoms. The first-order valence-corrected chi connectivity index (χ1v) is 7.84. The van der Waals surface area contributed by atoms with Crippen molar-refractivity contribution >= 4 is 17.2 Å². The Kier molecular flexibility index (Phi) is 4.02. The van der Waals surface area contributed by atoms with Crippen molar-refractivity contribution in [2.24, 2.45) is 12.0 Å². The molecule has 0 spiro atoms. The maximum absolute atomic E-state index is 12.3. The van der Waals surface area contributed by atoms with Crippen LogP contribution >= 0.6 is 11.3 Å². The topological polar surface area (TPSA) is 34.4 Å². The monoisotopic (exact) mass is 308 g/mol. The van der Waals surface area contributed by atoms with Crippen LogP contribution in [0.2, 0.25) is 0 Å². The summed E-state index contributed by atoms with van der Waals surface area (Å²) in [5.74, 6) is -0.211. The third-order valence-electron chi connectivity index (χ3n) is 3.47. The molecular formula is C18H16N2OS. The molecule has 22 heavy (non-hydrogen) atoms. The molecule has 0 radical (unpaired) electrons. The molecule has 1 heterocycles. The standard InChI is InChI=1S/C18H16N2OS/c1-13-16(14-9-5-3-6-10-14)20(2)18(22-13)19-17(21)15-11-7-4-8-12-15/h3-12H,1-2H3/b19-18-. The summed E-state index contributed by atoms with van der Waals surface area (Å²) in [5, 5.41) is 0. The Bertz CT molecular complexity index is 861. The van der Waals surface area contributed by atoms with Crippen LogP contribution in [-0.2, 0) is 7.05 Å². The molecule has 1 aromatic heterocycles. The summed E-state index contributed by atoms with van der Waals surface area (Å²) in [6.45, 7) is 2.05. The fraction of sp³-hybridized carbons (Fsp3) is 0.111. The number of benzene rings is 2. The maximum atomic E-state index is 12.3. The number of carbonyl (C=O) groups is 1. The van der Waals surface area contributed by atoms with Gasteiger partial charge in [0.15, 0.2) is 4.80 Å². The average Bonchev–Trinajstić information content (AvgIpc) is 2.83. The number of thiazole rings is 1. The van der Waals surface area contributed by atoms with Crippen molar-refractivity contribution in [3.05, 3.63) is 75.9 Å². The normalized spacial score (nSPS) is 11.6. The Morgan fingerprint density at radius 3 is 2.23 bits per heavy atom. The van der Waals surface area contributed by atoms with Gasteiger partial charge in [-0.2, -0.15) is 4.99 Å². The predicted octanol–water partition coefficient (Wildman–Crippen LogP) is 3.80. The van der Waals surface area contributed by atoms with E-state index in [1.54, 1.807) is 12.1 Å². The molecule has 3 nitrogen and oxygen atoms in total. The minimum Gasteiger partial charge on any atom is -0.319 e. The molecule has 0 fully saturated rings. The molecule has 2 aromatic carbocycles. The first kappa shape index (κ1) is 14.5. The molecular weight excluding hydrogens is 292 g/mol. The number of aryl methyl sites for hydroxylation is 1. The minimum atomic E-state index is -0.211. The molecule has 0 atom stereocenters. The second-order valence-corrected chi connectivity index (χ2v) is 6.18. The van der Waals surface area contributed by atoms with Crippen LogP contribution in [0.15, 0.2) is 65.7 Å². The van der Waals surface area contributed by atoms with Gasteiger partial charge in [-0.3, -0.25) is 4.79 Å². The highest BCUT2D eigenvalue weighted by Gasteiger charge is 2.11. The summed E-state index contributed by atoms with van der Waals surface area (Å²) in [6, 6.07) is 19.3. The van der Waals surface area contributed by atoms with Gasteiger partial charge in [-0.25, -0.2) is 0 Å². The summed E-state index contributed by atoms with van der Waals surface area (Å²) in [6.07, 6.45) is 0. The van der Waals surface area contributed by atoms with Crippen LogP contribution in [0, 0.1) is 6.92 Å². The Balaban J connectivity index is 2.07. The number of carbonyl (C=O) groups excluding carboxylic acids is 1. The largest absolute Gasteiger partial charge is 0.319 e. The Morgan fingerprint density at radius 2 is 1.59 bits per heavy atom. The summed E-state index contributed by atoms with van der Waals surface area (Å²) < 4.78 is 1.98. The highest BCUT2D eigenvalue weighted by molar-refractivity contribution is 7.09.